The third-order valence-corrected chi connectivity index (χ3v) is 7.32. The van der Waals surface area contributed by atoms with Crippen molar-refractivity contribution < 1.29 is 17.9 Å². The third kappa shape index (κ3) is 3.92. The van der Waals surface area contributed by atoms with Crippen molar-refractivity contribution in [3.05, 3.63) is 27.7 Å². The Labute approximate surface area is 148 Å². The van der Waals surface area contributed by atoms with Gasteiger partial charge in [-0.3, -0.25) is 4.79 Å². The van der Waals surface area contributed by atoms with Gasteiger partial charge in [0.2, 0.25) is 0 Å². The number of nitrogens with zero attached hydrogens (tertiary/aromatic N) is 1. The average molecular weight is 420 g/mol. The fourth-order valence-corrected chi connectivity index (χ4v) is 4.47. The van der Waals surface area contributed by atoms with Crippen molar-refractivity contribution in [2.45, 2.75) is 31.4 Å². The van der Waals surface area contributed by atoms with Crippen LogP contribution in [0.4, 0.5) is 0 Å². The van der Waals surface area contributed by atoms with E-state index in [1.807, 2.05) is 18.2 Å². The first kappa shape index (κ1) is 18.4. The molecule has 1 aromatic carbocycles. The molecular formula is C15H18BrNO4S2. The molecule has 0 aliphatic carbocycles. The van der Waals surface area contributed by atoms with Crippen molar-refractivity contribution in [3.8, 4) is 0 Å². The molecule has 0 spiro atoms. The number of hydrogen-bond donors (Lipinski definition) is 0. The summed E-state index contributed by atoms with van der Waals surface area (Å²) in [4.78, 5) is 16.6. The van der Waals surface area contributed by atoms with E-state index in [1.54, 1.807) is 6.92 Å². The maximum Gasteiger partial charge on any atom is 0.327 e. The topological polar surface area (TPSA) is 73.3 Å². The van der Waals surface area contributed by atoms with E-state index in [0.717, 1.165) is 26.0 Å². The van der Waals surface area contributed by atoms with Crippen LogP contribution in [0.5, 0.6) is 0 Å². The van der Waals surface area contributed by atoms with Crippen LogP contribution in [0.3, 0.4) is 0 Å². The Bertz CT molecular complexity index is 831. The van der Waals surface area contributed by atoms with E-state index in [0.29, 0.717) is 6.42 Å². The Balaban J connectivity index is 2.25. The van der Waals surface area contributed by atoms with E-state index in [2.05, 4.69) is 20.9 Å². The molecule has 23 heavy (non-hydrogen) atoms. The number of aromatic nitrogens is 1. The lowest BCUT2D eigenvalue weighted by atomic mass is 10.1. The van der Waals surface area contributed by atoms with Crippen LogP contribution in [0.15, 0.2) is 22.7 Å². The maximum atomic E-state index is 12.1. The highest BCUT2D eigenvalue weighted by atomic mass is 79.9. The van der Waals surface area contributed by atoms with Crippen LogP contribution in [0.25, 0.3) is 10.2 Å². The standard InChI is InChI=1S/C15H18BrNO4S2/c1-4-21-14(18)15(2,23(3,19)20)8-7-13-17-11-6-5-10(16)9-12(11)22-13/h5-6,9H,4,7-8H2,1-3H3/t15-/m1/s1. The minimum absolute atomic E-state index is 0.145. The highest BCUT2D eigenvalue weighted by molar-refractivity contribution is 9.10. The number of hydrogen-bond acceptors (Lipinski definition) is 6. The summed E-state index contributed by atoms with van der Waals surface area (Å²) < 4.78 is 29.6. The summed E-state index contributed by atoms with van der Waals surface area (Å²) in [7, 11) is -3.60. The van der Waals surface area contributed by atoms with Gasteiger partial charge in [0.05, 0.1) is 21.8 Å². The summed E-state index contributed by atoms with van der Waals surface area (Å²) in [6.07, 6.45) is 1.62. The van der Waals surface area contributed by atoms with Gasteiger partial charge in [-0.05, 0) is 38.5 Å². The van der Waals surface area contributed by atoms with Gasteiger partial charge in [-0.25, -0.2) is 13.4 Å². The number of esters is 1. The molecule has 0 bridgehead atoms. The largest absolute Gasteiger partial charge is 0.465 e. The predicted octanol–water partition coefficient (Wildman–Crippen LogP) is 3.36. The Kier molecular flexibility index (Phi) is 5.48. The van der Waals surface area contributed by atoms with Crippen LogP contribution in [0, 0.1) is 0 Å². The second kappa shape index (κ2) is 6.86. The van der Waals surface area contributed by atoms with Gasteiger partial charge in [0.25, 0.3) is 0 Å². The van der Waals surface area contributed by atoms with Crippen molar-refractivity contribution in [3.63, 3.8) is 0 Å². The molecule has 8 heteroatoms. The highest BCUT2D eigenvalue weighted by Crippen LogP contribution is 2.29. The number of ether oxygens (including phenoxy) is 1. The molecule has 0 aliphatic rings. The van der Waals surface area contributed by atoms with Crippen molar-refractivity contribution in [1.82, 2.24) is 4.98 Å². The molecule has 2 rings (SSSR count). The van der Waals surface area contributed by atoms with Gasteiger partial charge in [0, 0.05) is 17.1 Å². The lowest BCUT2D eigenvalue weighted by Crippen LogP contribution is -2.44. The number of benzene rings is 1. The van der Waals surface area contributed by atoms with E-state index in [-0.39, 0.29) is 13.0 Å². The highest BCUT2D eigenvalue weighted by Gasteiger charge is 2.44. The predicted molar refractivity (Wildman–Crippen MR) is 95.5 cm³/mol. The van der Waals surface area contributed by atoms with Gasteiger partial charge in [0.15, 0.2) is 14.6 Å². The number of thiazole rings is 1. The number of rotatable bonds is 6. The first-order valence-electron chi connectivity index (χ1n) is 7.09. The summed E-state index contributed by atoms with van der Waals surface area (Å²) in [6.45, 7) is 3.23. The molecule has 0 saturated carbocycles. The first-order valence-corrected chi connectivity index (χ1v) is 10.6. The van der Waals surface area contributed by atoms with E-state index in [1.165, 1.54) is 18.3 Å². The van der Waals surface area contributed by atoms with Crippen molar-refractivity contribution in [2.75, 3.05) is 12.9 Å². The Hall–Kier alpha value is -0.990. The third-order valence-electron chi connectivity index (χ3n) is 3.74. The maximum absolute atomic E-state index is 12.1. The number of carbonyl (C=O) groups excluding carboxylic acids is 1. The summed E-state index contributed by atoms with van der Waals surface area (Å²) in [5.74, 6) is -0.702. The van der Waals surface area contributed by atoms with Gasteiger partial charge in [0.1, 0.15) is 0 Å². The van der Waals surface area contributed by atoms with E-state index in [9.17, 15) is 13.2 Å². The number of halogens is 1. The summed E-state index contributed by atoms with van der Waals surface area (Å²) in [6, 6.07) is 5.78. The molecule has 1 atom stereocenters. The summed E-state index contributed by atoms with van der Waals surface area (Å²) in [5, 5.41) is 0.803. The number of aryl methyl sites for hydroxylation is 1. The zero-order valence-corrected chi connectivity index (χ0v) is 16.3. The number of sulfone groups is 1. The van der Waals surface area contributed by atoms with Crippen molar-refractivity contribution in [1.29, 1.82) is 0 Å². The van der Waals surface area contributed by atoms with Crippen LogP contribution in [0.2, 0.25) is 0 Å². The number of fused-ring (bicyclic) bond motifs is 1. The first-order chi connectivity index (χ1) is 10.7. The van der Waals surface area contributed by atoms with Crippen LogP contribution in [-0.2, 0) is 25.8 Å². The normalized spacial score (nSPS) is 14.6. The molecule has 0 radical (unpaired) electrons. The Morgan fingerprint density at radius 1 is 1.43 bits per heavy atom. The smallest absolute Gasteiger partial charge is 0.327 e. The SMILES string of the molecule is CCOC(=O)[C@@](C)(CCc1nc2ccc(Br)cc2s1)S(C)(=O)=O. The molecule has 2 aromatic rings. The molecule has 126 valence electrons. The van der Waals surface area contributed by atoms with Gasteiger partial charge < -0.3 is 4.74 Å². The zero-order valence-electron chi connectivity index (χ0n) is 13.1. The van der Waals surface area contributed by atoms with Gasteiger partial charge in [-0.1, -0.05) is 15.9 Å². The Morgan fingerprint density at radius 2 is 2.13 bits per heavy atom. The second-order valence-corrected chi connectivity index (χ2v) is 9.92. The molecule has 0 aliphatic heterocycles. The lowest BCUT2D eigenvalue weighted by molar-refractivity contribution is -0.146. The average Bonchev–Trinajstić information content (AvgIpc) is 2.85. The molecule has 0 amide bonds. The van der Waals surface area contributed by atoms with Gasteiger partial charge in [-0.15, -0.1) is 11.3 Å². The molecule has 1 aromatic heterocycles. The Morgan fingerprint density at radius 3 is 2.74 bits per heavy atom. The minimum atomic E-state index is -3.60. The molecule has 0 saturated heterocycles. The number of carbonyl (C=O) groups is 1. The van der Waals surface area contributed by atoms with Gasteiger partial charge in [-0.2, -0.15) is 0 Å². The molecule has 1 heterocycles. The van der Waals surface area contributed by atoms with Crippen LogP contribution >= 0.6 is 27.3 Å². The van der Waals surface area contributed by atoms with Crippen LogP contribution in [-0.4, -0.2) is 37.0 Å². The molecule has 0 N–H and O–H groups in total. The van der Waals surface area contributed by atoms with Crippen LogP contribution < -0.4 is 0 Å². The molecule has 0 fully saturated rings. The minimum Gasteiger partial charge on any atom is -0.465 e. The zero-order chi connectivity index (χ0) is 17.3. The van der Waals surface area contributed by atoms with Gasteiger partial charge >= 0.3 is 5.97 Å². The molecular weight excluding hydrogens is 402 g/mol. The van der Waals surface area contributed by atoms with E-state index >= 15 is 0 Å². The lowest BCUT2D eigenvalue weighted by Gasteiger charge is -2.24. The van der Waals surface area contributed by atoms with Crippen LogP contribution in [0.1, 0.15) is 25.3 Å². The van der Waals surface area contributed by atoms with Crippen molar-refractivity contribution >= 4 is 53.3 Å². The monoisotopic (exact) mass is 419 g/mol. The summed E-state index contributed by atoms with van der Waals surface area (Å²) in [5.41, 5.74) is 0.866. The fraction of sp³-hybridized carbons (Fsp3) is 0.467. The summed E-state index contributed by atoms with van der Waals surface area (Å²) >= 11 is 4.91. The van der Waals surface area contributed by atoms with E-state index < -0.39 is 20.6 Å². The van der Waals surface area contributed by atoms with Crippen molar-refractivity contribution in [2.24, 2.45) is 0 Å². The second-order valence-electron chi connectivity index (χ2n) is 5.44. The van der Waals surface area contributed by atoms with E-state index in [4.69, 9.17) is 4.74 Å². The quantitative estimate of drug-likeness (QED) is 0.670. The fourth-order valence-electron chi connectivity index (χ4n) is 2.12. The molecule has 0 unspecified atom stereocenters. The molecule has 5 nitrogen and oxygen atoms in total.